The van der Waals surface area contributed by atoms with Crippen LogP contribution < -0.4 is 45.0 Å². The van der Waals surface area contributed by atoms with E-state index in [2.05, 4.69) is 33.1 Å². The van der Waals surface area contributed by atoms with Gasteiger partial charge in [0.25, 0.3) is 22.2 Å². The number of aromatic nitrogens is 8. The lowest BCUT2D eigenvalue weighted by Gasteiger charge is -2.30. The molecule has 104 heavy (non-hydrogen) atoms. The summed E-state index contributed by atoms with van der Waals surface area (Å²) < 4.78 is 87.9. The molecule has 6 aliphatic rings. The fraction of sp³-hybridized carbons (Fsp3) is 0.619. The van der Waals surface area contributed by atoms with Gasteiger partial charge >= 0.3 is 48.5 Å². The lowest BCUT2D eigenvalue weighted by atomic mass is 10.1. The van der Waals surface area contributed by atoms with Gasteiger partial charge in [0.1, 0.15) is 68.6 Å². The van der Waals surface area contributed by atoms with Crippen LogP contribution in [0.25, 0.3) is 0 Å². The smallest absolute Gasteiger partial charge is 0.430 e. The molecule has 16 unspecified atom stereocenters. The first-order valence-corrected chi connectivity index (χ1v) is 38.6. The molecule has 16 atom stereocenters. The summed E-state index contributed by atoms with van der Waals surface area (Å²) in [5.41, 5.74) is -3.93. The normalized spacial score (nSPS) is 27.0. The van der Waals surface area contributed by atoms with Gasteiger partial charge in [-0.2, -0.15) is 0 Å². The Hall–Kier alpha value is -7.46. The zero-order valence-corrected chi connectivity index (χ0v) is 61.6. The highest BCUT2D eigenvalue weighted by molar-refractivity contribution is 8.07. The van der Waals surface area contributed by atoms with Crippen molar-refractivity contribution in [2.24, 2.45) is 0 Å². The summed E-state index contributed by atoms with van der Waals surface area (Å²) in [6.07, 6.45) is -1.47. The minimum Gasteiger partial charge on any atom is -0.430 e. The Morgan fingerprint density at radius 3 is 1.13 bits per heavy atom. The number of likely N-dealkylation sites (tertiary alicyclic amines) is 2. The second-order valence-corrected chi connectivity index (χ2v) is 31.3. The van der Waals surface area contributed by atoms with Crippen molar-refractivity contribution in [2.75, 3.05) is 59.3 Å². The Morgan fingerprint density at radius 2 is 0.817 bits per heavy atom. The number of H-pyrrole nitrogens is 4. The van der Waals surface area contributed by atoms with E-state index in [1.807, 2.05) is 6.92 Å². The van der Waals surface area contributed by atoms with Crippen molar-refractivity contribution in [3.05, 3.63) is 156 Å². The summed E-state index contributed by atoms with van der Waals surface area (Å²) in [7, 11) is 0. The van der Waals surface area contributed by atoms with Crippen molar-refractivity contribution in [3.8, 4) is 0 Å². The van der Waals surface area contributed by atoms with E-state index in [0.29, 0.717) is 37.9 Å². The van der Waals surface area contributed by atoms with Crippen molar-refractivity contribution in [2.45, 2.75) is 192 Å². The molecule has 37 nitrogen and oxygen atoms in total. The van der Waals surface area contributed by atoms with Gasteiger partial charge in [0.05, 0.1) is 63.4 Å². The number of hydrogen-bond donors (Lipinski definition) is 5. The standard InChI is InChI=1S/C32H44N5O13PS.C31H42N5O14PS/c1-6-11-44-32(43)49-23-12-26(36-14-18(3)28(39)33-30(36)41)48-25(23)17-46-51(52,45-16-21-9-8-10-35(21)20(5)38)50-24-13-27(47-22(24)7-2)37-15-19(4)29(40)34-31(37)42;1-5-9-44-31(43)49-21-10-25(35-12-17(2)27(39)32-29(35)41)48-24(21)16-46-51(52,45-15-20-7-6-8-34(20)19(4)38)50-22-11-26(47-23(22)14-37)36-13-18(3)28(40)33-30(36)42/h6,14-15,21-27H,1,7-13,16-17H2,2-5H3,(H,33,39,41)(H,34,40,42);5,12-13,20-26,37H,1,6-11,14-16H2,2-4H3,(H,32,39,41)(H,33,40,42). The van der Waals surface area contributed by atoms with Gasteiger partial charge in [-0.05, 0) is 83.4 Å². The minimum atomic E-state index is -3.84. The maximum atomic E-state index is 12.7. The Labute approximate surface area is 603 Å². The van der Waals surface area contributed by atoms with Crippen molar-refractivity contribution in [1.29, 1.82) is 0 Å². The molecule has 10 heterocycles. The van der Waals surface area contributed by atoms with Gasteiger partial charge in [-0.3, -0.25) is 67.0 Å². The second-order valence-electron chi connectivity index (χ2n) is 25.4. The fourth-order valence-corrected chi connectivity index (χ4v) is 16.9. The average Bonchev–Trinajstić information content (AvgIpc) is 1.67. The second kappa shape index (κ2) is 35.8. The molecule has 6 fully saturated rings. The van der Waals surface area contributed by atoms with Crippen molar-refractivity contribution >= 4 is 61.2 Å². The number of amides is 2. The molecule has 41 heteroatoms. The topological polar surface area (TPSA) is 444 Å². The number of rotatable bonds is 28. The van der Waals surface area contributed by atoms with Crippen LogP contribution in [0.1, 0.15) is 126 Å². The SMILES string of the molecule is C=CCOC(=O)OC1CC(n2cc(C)c(=O)[nH]c2=O)OC1COP(=S)(OCC1CCCN1C(C)=O)OC1CC(n2cc(C)c(=O)[nH]c2=O)OC1CC.C=CCOC(=O)OC1CC(n2cc(C)c(=O)[nH]c2=O)OC1COP(=S)(OCC1CCCN1C(C)=O)OC1CC(n2cc(C)c(=O)[nH]c2=O)OC1CO. The zero-order chi connectivity index (χ0) is 75.5. The van der Waals surface area contributed by atoms with E-state index in [4.69, 9.17) is 88.7 Å². The summed E-state index contributed by atoms with van der Waals surface area (Å²) in [6, 6.07) is -0.600. The van der Waals surface area contributed by atoms with Gasteiger partial charge in [-0.25, -0.2) is 28.8 Å². The molecule has 6 saturated heterocycles. The molecule has 5 N–H and O–H groups in total. The molecule has 0 bridgehead atoms. The highest BCUT2D eigenvalue weighted by Crippen LogP contribution is 2.56. The molecule has 0 radical (unpaired) electrons. The van der Waals surface area contributed by atoms with E-state index in [9.17, 15) is 62.6 Å². The Balaban J connectivity index is 0.000000241. The van der Waals surface area contributed by atoms with Crippen LogP contribution >= 0.6 is 13.4 Å². The number of carbonyl (C=O) groups is 4. The van der Waals surface area contributed by atoms with Crippen LogP contribution in [0.15, 0.2) is 88.5 Å². The molecule has 572 valence electrons. The summed E-state index contributed by atoms with van der Waals surface area (Å²) >= 11 is 11.9. The summed E-state index contributed by atoms with van der Waals surface area (Å²) in [5, 5.41) is 10.2. The predicted octanol–water partition coefficient (Wildman–Crippen LogP) is 2.68. The van der Waals surface area contributed by atoms with E-state index >= 15 is 0 Å². The number of carbonyl (C=O) groups excluding carboxylic acids is 4. The lowest BCUT2D eigenvalue weighted by Crippen LogP contribution is -2.37. The van der Waals surface area contributed by atoms with Gasteiger partial charge in [0.2, 0.25) is 11.8 Å². The summed E-state index contributed by atoms with van der Waals surface area (Å²) in [6.45, 7) is 9.98. The van der Waals surface area contributed by atoms with E-state index in [-0.39, 0.29) is 106 Å². The fourth-order valence-electron chi connectivity index (χ4n) is 12.6. The molecule has 0 aromatic carbocycles. The summed E-state index contributed by atoms with van der Waals surface area (Å²) in [4.78, 5) is 161. The predicted molar refractivity (Wildman–Crippen MR) is 372 cm³/mol. The molecule has 6 aliphatic heterocycles. The van der Waals surface area contributed by atoms with Crippen LogP contribution in [0.2, 0.25) is 0 Å². The first-order chi connectivity index (χ1) is 49.4. The maximum Gasteiger partial charge on any atom is 0.508 e. The molecule has 0 aliphatic carbocycles. The van der Waals surface area contributed by atoms with Gasteiger partial charge in [-0.1, -0.05) is 32.2 Å². The van der Waals surface area contributed by atoms with Gasteiger partial charge < -0.3 is 79.9 Å². The Bertz CT molecular complexity index is 4130. The number of aliphatic hydroxyl groups is 1. The van der Waals surface area contributed by atoms with E-state index in [0.717, 1.165) is 17.4 Å². The molecule has 4 aromatic heterocycles. The molecular formula is C63H86N10O27P2S2. The molecular weight excluding hydrogens is 1450 g/mol. The lowest BCUT2D eigenvalue weighted by molar-refractivity contribution is -0.131. The van der Waals surface area contributed by atoms with E-state index in [1.54, 1.807) is 16.7 Å². The maximum absolute atomic E-state index is 12.7. The number of nitrogens with zero attached hydrogens (tertiary/aromatic N) is 6. The highest BCUT2D eigenvalue weighted by Gasteiger charge is 2.48. The number of hydrogen-bond acceptors (Lipinski definition) is 29. The largest absolute Gasteiger partial charge is 0.508 e. The van der Waals surface area contributed by atoms with Gasteiger partial charge in [0.15, 0.2) is 0 Å². The quantitative estimate of drug-likeness (QED) is 0.0310. The number of nitrogens with one attached hydrogen (secondary N) is 4. The monoisotopic (exact) mass is 1540 g/mol. The number of aryl methyl sites for hydroxylation is 4. The van der Waals surface area contributed by atoms with Crippen LogP contribution in [0.5, 0.6) is 0 Å². The molecule has 4 aromatic rings. The van der Waals surface area contributed by atoms with E-state index < -0.39 is 151 Å². The first-order valence-electron chi connectivity index (χ1n) is 33.5. The number of aromatic amines is 4. The minimum absolute atomic E-state index is 0.00207. The average molecular weight is 1540 g/mol. The molecule has 2 amide bonds. The number of ether oxygens (including phenoxy) is 8. The van der Waals surface area contributed by atoms with Crippen molar-refractivity contribution < 1.29 is 89.3 Å². The third-order valence-electron chi connectivity index (χ3n) is 18.0. The van der Waals surface area contributed by atoms with Crippen LogP contribution in [0, 0.1) is 27.7 Å². The van der Waals surface area contributed by atoms with Crippen molar-refractivity contribution in [1.82, 2.24) is 48.0 Å². The Kier molecular flexibility index (Phi) is 27.7. The third kappa shape index (κ3) is 20.2. The molecule has 0 saturated carbocycles. The summed E-state index contributed by atoms with van der Waals surface area (Å²) in [5.74, 6) is -0.251. The van der Waals surface area contributed by atoms with E-state index in [1.165, 1.54) is 85.3 Å². The highest BCUT2D eigenvalue weighted by atomic mass is 32.5. The van der Waals surface area contributed by atoms with Crippen LogP contribution in [0.4, 0.5) is 9.59 Å². The van der Waals surface area contributed by atoms with Gasteiger partial charge in [-0.15, -0.1) is 0 Å². The molecule has 0 spiro atoms. The van der Waals surface area contributed by atoms with Crippen molar-refractivity contribution in [3.63, 3.8) is 0 Å². The van der Waals surface area contributed by atoms with Crippen LogP contribution in [-0.4, -0.2) is 197 Å². The number of aliphatic hydroxyl groups excluding tert-OH is 1. The van der Waals surface area contributed by atoms with Crippen LogP contribution in [0.3, 0.4) is 0 Å². The van der Waals surface area contributed by atoms with Gasteiger partial charge in [0, 0.05) is 99.7 Å². The first kappa shape index (κ1) is 80.6. The zero-order valence-electron chi connectivity index (χ0n) is 58.1. The van der Waals surface area contributed by atoms with Crippen LogP contribution in [-0.2, 0) is 98.2 Å². The third-order valence-corrected chi connectivity index (χ3v) is 22.7. The Morgan fingerprint density at radius 1 is 0.510 bits per heavy atom. The molecule has 10 rings (SSSR count).